The summed E-state index contributed by atoms with van der Waals surface area (Å²) in [5.74, 6) is 0.0938. The summed E-state index contributed by atoms with van der Waals surface area (Å²) < 4.78 is 25.3. The number of rotatable bonds is 6. The minimum atomic E-state index is -0.299. The van der Waals surface area contributed by atoms with Gasteiger partial charge in [0.15, 0.2) is 0 Å². The van der Waals surface area contributed by atoms with E-state index in [1.54, 1.807) is 36.6 Å². The van der Waals surface area contributed by atoms with Crippen molar-refractivity contribution in [3.8, 4) is 16.9 Å². The van der Waals surface area contributed by atoms with Gasteiger partial charge in [0, 0.05) is 38.9 Å². The Labute approximate surface area is 203 Å². The normalized spacial score (nSPS) is 11.6. The first-order chi connectivity index (χ1) is 16.3. The van der Waals surface area contributed by atoms with E-state index in [4.69, 9.17) is 20.8 Å². The van der Waals surface area contributed by atoms with Crippen LogP contribution in [0.5, 0.6) is 5.75 Å². The van der Waals surface area contributed by atoms with E-state index in [0.717, 1.165) is 38.8 Å². The second-order valence-electron chi connectivity index (χ2n) is 8.12. The van der Waals surface area contributed by atoms with Crippen LogP contribution >= 0.6 is 11.6 Å². The van der Waals surface area contributed by atoms with Gasteiger partial charge in [-0.25, -0.2) is 4.39 Å². The molecule has 6 heteroatoms. The van der Waals surface area contributed by atoms with Gasteiger partial charge < -0.3 is 14.5 Å². The average molecular weight is 478 g/mol. The van der Waals surface area contributed by atoms with Crippen LogP contribution in [0.4, 0.5) is 10.1 Å². The Hall–Kier alpha value is -3.57. The second kappa shape index (κ2) is 9.74. The SMILES string of the molecule is CCOc1c(/C(C)=C/C(=O)Nc2cc(Cl)ccc2C)cc2c(-c3ccc(F)cc3)coc2c1C. The molecule has 0 saturated carbocycles. The fraction of sp³-hybridized carbons (Fsp3) is 0.179. The van der Waals surface area contributed by atoms with E-state index in [2.05, 4.69) is 5.32 Å². The molecule has 0 saturated heterocycles. The lowest BCUT2D eigenvalue weighted by atomic mass is 9.96. The van der Waals surface area contributed by atoms with Gasteiger partial charge in [0.1, 0.15) is 17.1 Å². The Morgan fingerprint density at radius 1 is 1.15 bits per heavy atom. The maximum atomic E-state index is 13.4. The largest absolute Gasteiger partial charge is 0.493 e. The number of allylic oxidation sites excluding steroid dienone is 1. The van der Waals surface area contributed by atoms with Crippen molar-refractivity contribution >= 4 is 39.7 Å². The molecule has 1 heterocycles. The molecule has 1 aromatic heterocycles. The first kappa shape index (κ1) is 23.6. The van der Waals surface area contributed by atoms with E-state index in [1.807, 2.05) is 39.8 Å². The van der Waals surface area contributed by atoms with E-state index in [1.165, 1.54) is 12.1 Å². The molecule has 4 aromatic rings. The van der Waals surface area contributed by atoms with Gasteiger partial charge in [-0.3, -0.25) is 4.79 Å². The highest BCUT2D eigenvalue weighted by Gasteiger charge is 2.19. The highest BCUT2D eigenvalue weighted by Crippen LogP contribution is 2.40. The van der Waals surface area contributed by atoms with Crippen molar-refractivity contribution in [1.82, 2.24) is 0 Å². The zero-order valence-corrected chi connectivity index (χ0v) is 20.2. The smallest absolute Gasteiger partial charge is 0.248 e. The third-order valence-electron chi connectivity index (χ3n) is 5.72. The van der Waals surface area contributed by atoms with Crippen molar-refractivity contribution in [3.63, 3.8) is 0 Å². The molecule has 0 bridgehead atoms. The molecule has 174 valence electrons. The number of carbonyl (C=O) groups is 1. The topological polar surface area (TPSA) is 51.5 Å². The number of furan rings is 1. The first-order valence-corrected chi connectivity index (χ1v) is 11.4. The van der Waals surface area contributed by atoms with Gasteiger partial charge in [0.25, 0.3) is 0 Å². The molecule has 0 aliphatic carbocycles. The predicted octanol–water partition coefficient (Wildman–Crippen LogP) is 7.95. The van der Waals surface area contributed by atoms with E-state index in [9.17, 15) is 9.18 Å². The first-order valence-electron chi connectivity index (χ1n) is 11.0. The Balaban J connectivity index is 1.78. The molecule has 0 fully saturated rings. The molecule has 34 heavy (non-hydrogen) atoms. The number of halogens is 2. The minimum absolute atomic E-state index is 0.269. The molecule has 0 aliphatic rings. The number of carbonyl (C=O) groups excluding carboxylic acids is 1. The molecule has 0 spiro atoms. The summed E-state index contributed by atoms with van der Waals surface area (Å²) >= 11 is 6.08. The summed E-state index contributed by atoms with van der Waals surface area (Å²) in [7, 11) is 0. The van der Waals surface area contributed by atoms with Crippen LogP contribution in [0.3, 0.4) is 0 Å². The van der Waals surface area contributed by atoms with Gasteiger partial charge in [-0.2, -0.15) is 0 Å². The third kappa shape index (κ3) is 4.70. The number of fused-ring (bicyclic) bond motifs is 1. The lowest BCUT2D eigenvalue weighted by molar-refractivity contribution is -0.111. The molecular weight excluding hydrogens is 453 g/mol. The van der Waals surface area contributed by atoms with Crippen LogP contribution in [0.15, 0.2) is 65.3 Å². The number of aryl methyl sites for hydroxylation is 2. The summed E-state index contributed by atoms with van der Waals surface area (Å²) in [5, 5.41) is 4.31. The van der Waals surface area contributed by atoms with E-state index in [-0.39, 0.29) is 11.7 Å². The lowest BCUT2D eigenvalue weighted by Crippen LogP contribution is -2.10. The van der Waals surface area contributed by atoms with Crippen molar-refractivity contribution in [3.05, 3.63) is 88.4 Å². The van der Waals surface area contributed by atoms with Gasteiger partial charge in [-0.05, 0) is 74.7 Å². The monoisotopic (exact) mass is 477 g/mol. The van der Waals surface area contributed by atoms with Crippen molar-refractivity contribution in [2.45, 2.75) is 27.7 Å². The van der Waals surface area contributed by atoms with Crippen LogP contribution < -0.4 is 10.1 Å². The van der Waals surface area contributed by atoms with Crippen molar-refractivity contribution in [1.29, 1.82) is 0 Å². The zero-order valence-electron chi connectivity index (χ0n) is 19.5. The Bertz CT molecular complexity index is 1400. The maximum Gasteiger partial charge on any atom is 0.248 e. The number of nitrogens with one attached hydrogen (secondary N) is 1. The van der Waals surface area contributed by atoms with Gasteiger partial charge in [0.2, 0.25) is 5.91 Å². The van der Waals surface area contributed by atoms with E-state index < -0.39 is 0 Å². The van der Waals surface area contributed by atoms with E-state index in [0.29, 0.717) is 28.6 Å². The van der Waals surface area contributed by atoms with Crippen LogP contribution in [0.2, 0.25) is 5.02 Å². The molecule has 4 rings (SSSR count). The number of amides is 1. The summed E-state index contributed by atoms with van der Waals surface area (Å²) in [6, 6.07) is 13.6. The quantitative estimate of drug-likeness (QED) is 0.287. The minimum Gasteiger partial charge on any atom is -0.493 e. The molecule has 0 radical (unpaired) electrons. The number of benzene rings is 3. The molecule has 1 N–H and O–H groups in total. The lowest BCUT2D eigenvalue weighted by Gasteiger charge is -2.15. The molecular formula is C28H25ClFNO3. The zero-order chi connectivity index (χ0) is 24.4. The van der Waals surface area contributed by atoms with E-state index >= 15 is 0 Å². The standard InChI is InChI=1S/C28H25ClFNO3/c1-5-33-27-18(4)28-23(24(15-34-28)19-7-10-21(30)11-8-19)14-22(27)17(3)12-26(32)31-25-13-20(29)9-6-16(25)2/h6-15H,5H2,1-4H3,(H,31,32)/b17-12+. The maximum absolute atomic E-state index is 13.4. The molecule has 1 amide bonds. The molecule has 4 nitrogen and oxygen atoms in total. The van der Waals surface area contributed by atoms with Crippen LogP contribution in [0.25, 0.3) is 27.7 Å². The highest BCUT2D eigenvalue weighted by atomic mass is 35.5. The van der Waals surface area contributed by atoms with Crippen molar-refractivity contribution in [2.24, 2.45) is 0 Å². The second-order valence-corrected chi connectivity index (χ2v) is 8.56. The molecule has 3 aromatic carbocycles. The number of anilines is 1. The Morgan fingerprint density at radius 2 is 1.88 bits per heavy atom. The number of hydrogen-bond donors (Lipinski definition) is 1. The fourth-order valence-electron chi connectivity index (χ4n) is 3.96. The van der Waals surface area contributed by atoms with Gasteiger partial charge in [0.05, 0.1) is 12.9 Å². The van der Waals surface area contributed by atoms with Crippen LogP contribution in [0.1, 0.15) is 30.5 Å². The van der Waals surface area contributed by atoms with Crippen molar-refractivity contribution < 1.29 is 18.3 Å². The summed E-state index contributed by atoms with van der Waals surface area (Å²) in [5.41, 5.74) is 6.30. The highest BCUT2D eigenvalue weighted by molar-refractivity contribution is 6.31. The third-order valence-corrected chi connectivity index (χ3v) is 5.95. The fourth-order valence-corrected chi connectivity index (χ4v) is 4.14. The Morgan fingerprint density at radius 3 is 2.59 bits per heavy atom. The summed E-state index contributed by atoms with van der Waals surface area (Å²) in [6.07, 6.45) is 3.21. The van der Waals surface area contributed by atoms with Gasteiger partial charge in [-0.15, -0.1) is 0 Å². The number of hydrogen-bond acceptors (Lipinski definition) is 3. The summed E-state index contributed by atoms with van der Waals surface area (Å²) in [6.45, 7) is 8.07. The van der Waals surface area contributed by atoms with Gasteiger partial charge >= 0.3 is 0 Å². The predicted molar refractivity (Wildman–Crippen MR) is 136 cm³/mol. The van der Waals surface area contributed by atoms with Gasteiger partial charge in [-0.1, -0.05) is 29.8 Å². The van der Waals surface area contributed by atoms with Crippen LogP contribution in [0, 0.1) is 19.7 Å². The number of ether oxygens (including phenoxy) is 1. The molecule has 0 atom stereocenters. The Kier molecular flexibility index (Phi) is 6.75. The van der Waals surface area contributed by atoms with Crippen LogP contribution in [-0.4, -0.2) is 12.5 Å². The molecule has 0 unspecified atom stereocenters. The van der Waals surface area contributed by atoms with Crippen LogP contribution in [-0.2, 0) is 4.79 Å². The molecule has 0 aliphatic heterocycles. The summed E-state index contributed by atoms with van der Waals surface area (Å²) in [4.78, 5) is 12.8. The average Bonchev–Trinajstić information content (AvgIpc) is 3.23. The van der Waals surface area contributed by atoms with Crippen molar-refractivity contribution in [2.75, 3.05) is 11.9 Å².